The molecule has 0 bridgehead atoms. The summed E-state index contributed by atoms with van der Waals surface area (Å²) in [5, 5.41) is 0. The zero-order chi connectivity index (χ0) is 17.1. The molecule has 0 saturated carbocycles. The predicted octanol–water partition coefficient (Wildman–Crippen LogP) is 7.64. The van der Waals surface area contributed by atoms with Crippen LogP contribution in [0.25, 0.3) is 5.57 Å². The Bertz CT molecular complexity index is 636. The molecule has 26 heavy (non-hydrogen) atoms. The van der Waals surface area contributed by atoms with Gasteiger partial charge < -0.3 is 14.9 Å². The quantitative estimate of drug-likeness (QED) is 0.285. The second kappa shape index (κ2) is 11.8. The maximum Gasteiger partial charge on any atom is 4.00 e. The van der Waals surface area contributed by atoms with Gasteiger partial charge in [-0.25, -0.2) is 5.57 Å². The molecule has 0 radical (unpaired) electrons. The van der Waals surface area contributed by atoms with E-state index < -0.39 is 0 Å². The van der Waals surface area contributed by atoms with Gasteiger partial charge in [-0.15, -0.1) is 11.6 Å². The number of hydrogen-bond donors (Lipinski definition) is 0. The first-order chi connectivity index (χ1) is 10.9. The molecule has 0 fully saturated rings. The van der Waals surface area contributed by atoms with Crippen LogP contribution in [-0.4, -0.2) is 0 Å². The molecule has 2 aromatic carbocycles. The molecule has 1 aliphatic carbocycles. The fraction of sp³-hybridized carbons (Fsp3) is 0.400. The molecule has 1 heteroatoms. The van der Waals surface area contributed by atoms with Crippen molar-refractivity contribution < 1.29 is 25.8 Å². The van der Waals surface area contributed by atoms with Crippen molar-refractivity contribution in [1.29, 1.82) is 0 Å². The minimum atomic E-state index is 0. The minimum absolute atomic E-state index is 0. The van der Waals surface area contributed by atoms with Gasteiger partial charge in [0.15, 0.2) is 0 Å². The molecular formula is C25H36Hf. The van der Waals surface area contributed by atoms with Gasteiger partial charge in [0.2, 0.25) is 0 Å². The number of hydrogen-bond acceptors (Lipinski definition) is 0. The summed E-state index contributed by atoms with van der Waals surface area (Å²) in [6.07, 6.45) is 5.84. The van der Waals surface area contributed by atoms with Crippen molar-refractivity contribution in [1.82, 2.24) is 0 Å². The zero-order valence-corrected chi connectivity index (χ0v) is 21.9. The summed E-state index contributed by atoms with van der Waals surface area (Å²) >= 11 is 0. The van der Waals surface area contributed by atoms with Gasteiger partial charge in [-0.2, -0.15) is 33.4 Å². The normalized spacial score (nSPS) is 14.0. The van der Waals surface area contributed by atoms with Gasteiger partial charge in [0, 0.05) is 0 Å². The van der Waals surface area contributed by atoms with E-state index >= 15 is 0 Å². The third kappa shape index (κ3) is 5.35. The smallest absolute Gasteiger partial charge is 0.358 e. The van der Waals surface area contributed by atoms with Gasteiger partial charge in [0.1, 0.15) is 0 Å². The summed E-state index contributed by atoms with van der Waals surface area (Å²) in [7, 11) is 0. The first kappa shape index (κ1) is 27.4. The Morgan fingerprint density at radius 3 is 1.81 bits per heavy atom. The summed E-state index contributed by atoms with van der Waals surface area (Å²) in [4.78, 5) is 0. The summed E-state index contributed by atoms with van der Waals surface area (Å²) in [6, 6.07) is 8.70. The third-order valence-electron chi connectivity index (χ3n) is 5.58. The molecule has 0 N–H and O–H groups in total. The fourth-order valence-electron chi connectivity index (χ4n) is 3.46. The van der Waals surface area contributed by atoms with Crippen LogP contribution < -0.4 is 0 Å². The van der Waals surface area contributed by atoms with Crippen molar-refractivity contribution in [3.63, 3.8) is 0 Å². The Balaban J connectivity index is 0. The van der Waals surface area contributed by atoms with Gasteiger partial charge in [-0.3, -0.25) is 6.08 Å². The van der Waals surface area contributed by atoms with Gasteiger partial charge in [0.25, 0.3) is 0 Å². The van der Waals surface area contributed by atoms with E-state index in [1.54, 1.807) is 0 Å². The standard InChI is InChI=1S/C13H15.C10H15.2CH3.Hf/c1-3-10-9-11(4-2)13-8-6-5-7-12(10)13;1-6-7(2)9(4)10(5)8(6)3;;;/h5-8,10H,3-4H2,1-2H3;1-5H3;2*1H3;/q4*-1;+4. The largest absolute Gasteiger partial charge is 4.00 e. The SMILES string of the molecule is CCC1=[C-]C(CC)c2ccccc21.Cc1c(C)c(C)[c-](C)c1C.[CH3-].[CH3-].[Hf+4]. The first-order valence-electron chi connectivity index (χ1n) is 8.83. The molecule has 0 nitrogen and oxygen atoms in total. The molecule has 140 valence electrons. The average molecular weight is 515 g/mol. The van der Waals surface area contributed by atoms with Crippen molar-refractivity contribution in [2.45, 2.75) is 67.2 Å². The molecule has 0 amide bonds. The number of benzene rings is 1. The Kier molecular flexibility index (Phi) is 12.4. The monoisotopic (exact) mass is 516 g/mol. The summed E-state index contributed by atoms with van der Waals surface area (Å²) < 4.78 is 0. The van der Waals surface area contributed by atoms with E-state index in [2.05, 4.69) is 78.8 Å². The first-order valence-corrected chi connectivity index (χ1v) is 8.83. The van der Waals surface area contributed by atoms with E-state index in [0.29, 0.717) is 5.92 Å². The van der Waals surface area contributed by atoms with E-state index in [1.165, 1.54) is 50.9 Å². The van der Waals surface area contributed by atoms with Crippen LogP contribution in [0, 0.1) is 55.5 Å². The van der Waals surface area contributed by atoms with E-state index in [9.17, 15) is 0 Å². The van der Waals surface area contributed by atoms with Gasteiger partial charge in [-0.1, -0.05) is 85.4 Å². The molecule has 1 atom stereocenters. The van der Waals surface area contributed by atoms with E-state index in [0.717, 1.165) is 6.42 Å². The van der Waals surface area contributed by atoms with Gasteiger partial charge in [-0.05, 0) is 0 Å². The van der Waals surface area contributed by atoms with Crippen molar-refractivity contribution in [2.24, 2.45) is 0 Å². The van der Waals surface area contributed by atoms with E-state index in [-0.39, 0.29) is 40.7 Å². The molecule has 0 aromatic heterocycles. The fourth-order valence-corrected chi connectivity index (χ4v) is 3.46. The average Bonchev–Trinajstić information content (AvgIpc) is 3.03. The molecule has 0 heterocycles. The van der Waals surface area contributed by atoms with Crippen molar-refractivity contribution in [3.05, 3.63) is 84.1 Å². The number of fused-ring (bicyclic) bond motifs is 1. The Hall–Kier alpha value is -0.820. The van der Waals surface area contributed by atoms with Gasteiger partial charge in [0.05, 0.1) is 0 Å². The molecule has 0 saturated heterocycles. The van der Waals surface area contributed by atoms with Crippen LogP contribution in [0.5, 0.6) is 0 Å². The van der Waals surface area contributed by atoms with Crippen molar-refractivity contribution >= 4 is 5.57 Å². The maximum absolute atomic E-state index is 3.57. The van der Waals surface area contributed by atoms with Crippen LogP contribution in [-0.2, 0) is 25.8 Å². The van der Waals surface area contributed by atoms with Crippen LogP contribution in [0.15, 0.2) is 24.3 Å². The zero-order valence-electron chi connectivity index (χ0n) is 18.3. The van der Waals surface area contributed by atoms with Crippen LogP contribution in [0.2, 0.25) is 0 Å². The van der Waals surface area contributed by atoms with Crippen molar-refractivity contribution in [2.75, 3.05) is 0 Å². The number of allylic oxidation sites excluding steroid dienone is 2. The Morgan fingerprint density at radius 1 is 0.923 bits per heavy atom. The van der Waals surface area contributed by atoms with Gasteiger partial charge >= 0.3 is 25.8 Å². The minimum Gasteiger partial charge on any atom is -0.358 e. The maximum atomic E-state index is 3.57. The molecule has 1 aliphatic rings. The molecule has 2 aromatic rings. The van der Waals surface area contributed by atoms with Crippen molar-refractivity contribution in [3.8, 4) is 0 Å². The second-order valence-electron chi connectivity index (χ2n) is 6.65. The second-order valence-corrected chi connectivity index (χ2v) is 6.65. The van der Waals surface area contributed by atoms with E-state index in [4.69, 9.17) is 0 Å². The van der Waals surface area contributed by atoms with Crippen LogP contribution in [0.1, 0.15) is 71.6 Å². The van der Waals surface area contributed by atoms with Crippen LogP contribution in [0.3, 0.4) is 0 Å². The molecular weight excluding hydrogens is 479 g/mol. The summed E-state index contributed by atoms with van der Waals surface area (Å²) in [5.41, 5.74) is 11.6. The third-order valence-corrected chi connectivity index (χ3v) is 5.58. The molecule has 3 rings (SSSR count). The topological polar surface area (TPSA) is 0 Å². The van der Waals surface area contributed by atoms with Crippen LogP contribution in [0.4, 0.5) is 0 Å². The predicted molar refractivity (Wildman–Crippen MR) is 115 cm³/mol. The molecule has 0 aliphatic heterocycles. The number of rotatable bonds is 2. The summed E-state index contributed by atoms with van der Waals surface area (Å²) in [5.74, 6) is 0.547. The Labute approximate surface area is 182 Å². The molecule has 1 unspecified atom stereocenters. The Morgan fingerprint density at radius 2 is 1.42 bits per heavy atom. The van der Waals surface area contributed by atoms with E-state index in [1.807, 2.05) is 0 Å². The van der Waals surface area contributed by atoms with Crippen LogP contribution >= 0.6 is 0 Å². The molecule has 0 spiro atoms. The summed E-state index contributed by atoms with van der Waals surface area (Å²) in [6.45, 7) is 15.4.